The molecule has 1 saturated heterocycles. The van der Waals surface area contributed by atoms with Gasteiger partial charge in [-0.25, -0.2) is 0 Å². The van der Waals surface area contributed by atoms with E-state index in [1.807, 2.05) is 0 Å². The molecule has 1 aliphatic heterocycles. The number of carbonyl (C=O) groups is 1. The van der Waals surface area contributed by atoms with E-state index in [4.69, 9.17) is 4.74 Å². The normalized spacial score (nSPS) is 26.6. The first-order chi connectivity index (χ1) is 5.83. The summed E-state index contributed by atoms with van der Waals surface area (Å²) in [4.78, 5) is 12.5. The van der Waals surface area contributed by atoms with Crippen LogP contribution in [0.3, 0.4) is 0 Å². The minimum absolute atomic E-state index is 0.596. The van der Waals surface area contributed by atoms with Gasteiger partial charge in [0.15, 0.2) is 0 Å². The van der Waals surface area contributed by atoms with E-state index < -0.39 is 0 Å². The predicted molar refractivity (Wildman–Crippen MR) is 47.1 cm³/mol. The smallest absolute Gasteiger partial charge is 0.121 e. The number of carbonyl (C=O) groups excluding carboxylic acids is 1. The molecular weight excluding hydrogens is 154 g/mol. The van der Waals surface area contributed by atoms with Gasteiger partial charge in [0.25, 0.3) is 0 Å². The van der Waals surface area contributed by atoms with Gasteiger partial charge in [0, 0.05) is 26.1 Å². The Bertz CT molecular complexity index is 138. The molecule has 1 aliphatic rings. The molecule has 1 fully saturated rings. The Hall–Kier alpha value is -0.410. The highest BCUT2D eigenvalue weighted by atomic mass is 16.5. The fourth-order valence-corrected chi connectivity index (χ4v) is 1.50. The van der Waals surface area contributed by atoms with Gasteiger partial charge in [-0.2, -0.15) is 0 Å². The van der Waals surface area contributed by atoms with Crippen LogP contribution in [0.25, 0.3) is 0 Å². The van der Waals surface area contributed by atoms with Gasteiger partial charge in [-0.1, -0.05) is 6.92 Å². The van der Waals surface area contributed by atoms with Crippen LogP contribution >= 0.6 is 0 Å². The molecule has 12 heavy (non-hydrogen) atoms. The second-order valence-corrected chi connectivity index (χ2v) is 3.44. The van der Waals surface area contributed by atoms with Crippen LogP contribution in [0.1, 0.15) is 13.3 Å². The van der Waals surface area contributed by atoms with Crippen molar-refractivity contribution in [3.8, 4) is 0 Å². The Morgan fingerprint density at radius 1 is 1.67 bits per heavy atom. The van der Waals surface area contributed by atoms with E-state index in [1.54, 1.807) is 0 Å². The molecular formula is C9H17NO2. The molecule has 0 aromatic rings. The lowest BCUT2D eigenvalue weighted by Gasteiger charge is -2.19. The lowest BCUT2D eigenvalue weighted by Crippen LogP contribution is -2.30. The SMILES string of the molecule is CC1COCCN(CCC=O)C1. The molecule has 0 saturated carbocycles. The molecule has 0 N–H and O–H groups in total. The standard InChI is InChI=1S/C9H17NO2/c1-9-7-10(3-2-5-11)4-6-12-8-9/h5,9H,2-4,6-8H2,1H3. The van der Waals surface area contributed by atoms with Crippen molar-refractivity contribution in [3.63, 3.8) is 0 Å². The van der Waals surface area contributed by atoms with Crippen molar-refractivity contribution >= 4 is 6.29 Å². The molecule has 1 unspecified atom stereocenters. The number of hydrogen-bond acceptors (Lipinski definition) is 3. The van der Waals surface area contributed by atoms with Crippen LogP contribution in [0.4, 0.5) is 0 Å². The van der Waals surface area contributed by atoms with Crippen LogP contribution in [0.2, 0.25) is 0 Å². The summed E-state index contributed by atoms with van der Waals surface area (Å²) in [6, 6.07) is 0. The van der Waals surface area contributed by atoms with E-state index in [0.717, 1.165) is 39.1 Å². The molecule has 0 spiro atoms. The number of ether oxygens (including phenoxy) is 1. The third-order valence-electron chi connectivity index (χ3n) is 2.09. The van der Waals surface area contributed by atoms with E-state index in [-0.39, 0.29) is 0 Å². The molecule has 0 aromatic carbocycles. The van der Waals surface area contributed by atoms with Gasteiger partial charge in [-0.3, -0.25) is 0 Å². The quantitative estimate of drug-likeness (QED) is 0.581. The zero-order valence-electron chi connectivity index (χ0n) is 7.66. The summed E-state index contributed by atoms with van der Waals surface area (Å²) < 4.78 is 5.39. The summed E-state index contributed by atoms with van der Waals surface area (Å²) >= 11 is 0. The second-order valence-electron chi connectivity index (χ2n) is 3.44. The average Bonchev–Trinajstić information content (AvgIpc) is 2.26. The van der Waals surface area contributed by atoms with Crippen molar-refractivity contribution in [2.75, 3.05) is 32.8 Å². The van der Waals surface area contributed by atoms with Crippen molar-refractivity contribution in [2.24, 2.45) is 5.92 Å². The molecule has 0 bridgehead atoms. The molecule has 0 amide bonds. The first-order valence-electron chi connectivity index (χ1n) is 4.56. The van der Waals surface area contributed by atoms with E-state index >= 15 is 0 Å². The number of rotatable bonds is 3. The van der Waals surface area contributed by atoms with Crippen molar-refractivity contribution in [3.05, 3.63) is 0 Å². The monoisotopic (exact) mass is 171 g/mol. The van der Waals surface area contributed by atoms with Crippen LogP contribution < -0.4 is 0 Å². The maximum atomic E-state index is 10.2. The van der Waals surface area contributed by atoms with Gasteiger partial charge in [0.1, 0.15) is 6.29 Å². The topological polar surface area (TPSA) is 29.5 Å². The highest BCUT2D eigenvalue weighted by molar-refractivity contribution is 5.49. The largest absolute Gasteiger partial charge is 0.380 e. The molecule has 0 radical (unpaired) electrons. The van der Waals surface area contributed by atoms with Gasteiger partial charge in [-0.15, -0.1) is 0 Å². The molecule has 3 heteroatoms. The maximum absolute atomic E-state index is 10.2. The minimum atomic E-state index is 0.596. The summed E-state index contributed by atoms with van der Waals surface area (Å²) in [6.45, 7) is 6.77. The van der Waals surface area contributed by atoms with Crippen molar-refractivity contribution in [1.82, 2.24) is 4.90 Å². The third kappa shape index (κ3) is 3.32. The van der Waals surface area contributed by atoms with Gasteiger partial charge in [0.05, 0.1) is 13.2 Å². The van der Waals surface area contributed by atoms with E-state index in [2.05, 4.69) is 11.8 Å². The Morgan fingerprint density at radius 2 is 2.50 bits per heavy atom. The summed E-state index contributed by atoms with van der Waals surface area (Å²) in [5.74, 6) is 0.596. The Balaban J connectivity index is 2.25. The zero-order valence-corrected chi connectivity index (χ0v) is 7.66. The van der Waals surface area contributed by atoms with E-state index in [1.165, 1.54) is 0 Å². The van der Waals surface area contributed by atoms with Crippen LogP contribution in [0, 0.1) is 5.92 Å². The highest BCUT2D eigenvalue weighted by Gasteiger charge is 2.13. The molecule has 70 valence electrons. The van der Waals surface area contributed by atoms with E-state index in [0.29, 0.717) is 12.3 Å². The number of hydrogen-bond donors (Lipinski definition) is 0. The second kappa shape index (κ2) is 5.27. The molecule has 0 aromatic heterocycles. The fraction of sp³-hybridized carbons (Fsp3) is 0.889. The average molecular weight is 171 g/mol. The minimum Gasteiger partial charge on any atom is -0.380 e. The highest BCUT2D eigenvalue weighted by Crippen LogP contribution is 2.05. The Morgan fingerprint density at radius 3 is 3.25 bits per heavy atom. The first-order valence-corrected chi connectivity index (χ1v) is 4.56. The summed E-state index contributed by atoms with van der Waals surface area (Å²) in [5.41, 5.74) is 0. The van der Waals surface area contributed by atoms with Crippen molar-refractivity contribution in [2.45, 2.75) is 13.3 Å². The number of aldehydes is 1. The molecule has 1 atom stereocenters. The predicted octanol–water partition coefficient (Wildman–Crippen LogP) is 0.544. The van der Waals surface area contributed by atoms with Crippen LogP contribution in [-0.4, -0.2) is 44.0 Å². The molecule has 1 heterocycles. The van der Waals surface area contributed by atoms with Gasteiger partial charge in [-0.05, 0) is 5.92 Å². The van der Waals surface area contributed by atoms with Crippen molar-refractivity contribution < 1.29 is 9.53 Å². The lowest BCUT2D eigenvalue weighted by molar-refractivity contribution is -0.108. The van der Waals surface area contributed by atoms with E-state index in [9.17, 15) is 4.79 Å². The Kier molecular flexibility index (Phi) is 4.25. The van der Waals surface area contributed by atoms with Crippen LogP contribution in [-0.2, 0) is 9.53 Å². The summed E-state index contributed by atoms with van der Waals surface area (Å²) in [5, 5.41) is 0. The summed E-state index contributed by atoms with van der Waals surface area (Å²) in [7, 11) is 0. The Labute approximate surface area is 73.7 Å². The number of nitrogens with zero attached hydrogens (tertiary/aromatic N) is 1. The van der Waals surface area contributed by atoms with Gasteiger partial charge >= 0.3 is 0 Å². The molecule has 3 nitrogen and oxygen atoms in total. The van der Waals surface area contributed by atoms with Crippen LogP contribution in [0.15, 0.2) is 0 Å². The molecule has 0 aliphatic carbocycles. The first kappa shape index (κ1) is 9.68. The molecule has 1 rings (SSSR count). The third-order valence-corrected chi connectivity index (χ3v) is 2.09. The van der Waals surface area contributed by atoms with Gasteiger partial charge in [0.2, 0.25) is 0 Å². The van der Waals surface area contributed by atoms with Crippen LogP contribution in [0.5, 0.6) is 0 Å². The maximum Gasteiger partial charge on any atom is 0.121 e. The zero-order chi connectivity index (χ0) is 8.81. The van der Waals surface area contributed by atoms with Crippen molar-refractivity contribution in [1.29, 1.82) is 0 Å². The van der Waals surface area contributed by atoms with Gasteiger partial charge < -0.3 is 14.4 Å². The lowest BCUT2D eigenvalue weighted by atomic mass is 10.2. The summed E-state index contributed by atoms with van der Waals surface area (Å²) in [6.07, 6.45) is 1.63. The fourth-order valence-electron chi connectivity index (χ4n) is 1.50.